The van der Waals surface area contributed by atoms with Crippen LogP contribution in [0.4, 0.5) is 5.82 Å². The molecule has 0 bridgehead atoms. The minimum absolute atomic E-state index is 0.584. The number of ether oxygens (including phenoxy) is 1. The summed E-state index contributed by atoms with van der Waals surface area (Å²) in [5.41, 5.74) is 1.13. The van der Waals surface area contributed by atoms with E-state index in [1.165, 1.54) is 0 Å². The smallest absolute Gasteiger partial charge is 0.131 e. The van der Waals surface area contributed by atoms with Gasteiger partial charge in [0.15, 0.2) is 0 Å². The summed E-state index contributed by atoms with van der Waals surface area (Å²) in [5.74, 6) is 1.56. The van der Waals surface area contributed by atoms with E-state index >= 15 is 0 Å². The summed E-state index contributed by atoms with van der Waals surface area (Å²) in [5, 5.41) is 0. The Morgan fingerprint density at radius 3 is 2.81 bits per heavy atom. The predicted octanol–water partition coefficient (Wildman–Crippen LogP) is 2.84. The van der Waals surface area contributed by atoms with E-state index < -0.39 is 0 Å². The summed E-state index contributed by atoms with van der Waals surface area (Å²) in [6.45, 7) is 4.30. The third-order valence-corrected chi connectivity index (χ3v) is 2.84. The van der Waals surface area contributed by atoms with Crippen molar-refractivity contribution in [3.8, 4) is 0 Å². The largest absolute Gasteiger partial charge is 0.383 e. The number of rotatable bonds is 6. The molecule has 0 aliphatic carbocycles. The van der Waals surface area contributed by atoms with Crippen molar-refractivity contribution in [1.29, 1.82) is 0 Å². The maximum absolute atomic E-state index is 5.79. The van der Waals surface area contributed by atoms with Crippen LogP contribution in [0.3, 0.4) is 0 Å². The molecule has 90 valence electrons. The Morgan fingerprint density at radius 1 is 1.50 bits per heavy atom. The molecule has 0 aliphatic rings. The highest BCUT2D eigenvalue weighted by molar-refractivity contribution is 9.10. The van der Waals surface area contributed by atoms with E-state index in [0.29, 0.717) is 12.5 Å². The quantitative estimate of drug-likeness (QED) is 0.756. The lowest BCUT2D eigenvalue weighted by Gasteiger charge is -2.24. The van der Waals surface area contributed by atoms with Gasteiger partial charge in [0.2, 0.25) is 0 Å². The van der Waals surface area contributed by atoms with Gasteiger partial charge in [-0.2, -0.15) is 0 Å². The Balaban J connectivity index is 2.82. The summed E-state index contributed by atoms with van der Waals surface area (Å²) in [6.07, 6.45) is 1.80. The molecule has 0 N–H and O–H groups in total. The number of aromatic nitrogens is 1. The monoisotopic (exact) mass is 306 g/mol. The third-order valence-electron chi connectivity index (χ3n) is 2.24. The fourth-order valence-electron chi connectivity index (χ4n) is 1.49. The van der Waals surface area contributed by atoms with Gasteiger partial charge in [0, 0.05) is 36.7 Å². The van der Waals surface area contributed by atoms with Gasteiger partial charge in [0.1, 0.15) is 5.82 Å². The van der Waals surface area contributed by atoms with Crippen LogP contribution >= 0.6 is 27.5 Å². The minimum atomic E-state index is 0.584. The van der Waals surface area contributed by atoms with Crippen molar-refractivity contribution in [3.63, 3.8) is 0 Å². The van der Waals surface area contributed by atoms with Crippen molar-refractivity contribution in [2.75, 3.05) is 37.6 Å². The van der Waals surface area contributed by atoms with Gasteiger partial charge in [0.25, 0.3) is 0 Å². The number of pyridine rings is 1. The van der Waals surface area contributed by atoms with Gasteiger partial charge in [-0.25, -0.2) is 4.98 Å². The fourth-order valence-corrected chi connectivity index (χ4v) is 2.14. The molecule has 0 radical (unpaired) electrons. The molecule has 1 heterocycles. The summed E-state index contributed by atoms with van der Waals surface area (Å²) < 4.78 is 6.07. The van der Waals surface area contributed by atoms with E-state index in [0.717, 1.165) is 28.9 Å². The second kappa shape index (κ2) is 7.09. The molecule has 0 spiro atoms. The van der Waals surface area contributed by atoms with Crippen molar-refractivity contribution in [1.82, 2.24) is 4.98 Å². The van der Waals surface area contributed by atoms with Gasteiger partial charge in [-0.1, -0.05) is 0 Å². The SMILES string of the molecule is COCCN(CCCl)c1ncc(Br)cc1C. The van der Waals surface area contributed by atoms with Crippen LogP contribution in [-0.2, 0) is 4.74 Å². The maximum Gasteiger partial charge on any atom is 0.131 e. The van der Waals surface area contributed by atoms with E-state index in [1.807, 2.05) is 6.92 Å². The molecule has 0 atom stereocenters. The normalized spacial score (nSPS) is 10.5. The molecular weight excluding hydrogens is 291 g/mol. The van der Waals surface area contributed by atoms with Crippen LogP contribution in [-0.4, -0.2) is 37.7 Å². The molecule has 0 amide bonds. The van der Waals surface area contributed by atoms with Crippen LogP contribution < -0.4 is 4.90 Å². The number of methoxy groups -OCH3 is 1. The van der Waals surface area contributed by atoms with Gasteiger partial charge in [0.05, 0.1) is 6.61 Å². The zero-order valence-electron chi connectivity index (χ0n) is 9.54. The third kappa shape index (κ3) is 3.92. The Bertz CT molecular complexity index is 336. The number of anilines is 1. The van der Waals surface area contributed by atoms with Gasteiger partial charge < -0.3 is 9.64 Å². The summed E-state index contributed by atoms with van der Waals surface area (Å²) in [7, 11) is 1.70. The Labute approximate surface area is 110 Å². The van der Waals surface area contributed by atoms with Gasteiger partial charge in [-0.05, 0) is 34.5 Å². The van der Waals surface area contributed by atoms with E-state index in [1.54, 1.807) is 13.3 Å². The number of nitrogens with zero attached hydrogens (tertiary/aromatic N) is 2. The fraction of sp³-hybridized carbons (Fsp3) is 0.545. The average Bonchev–Trinajstić information content (AvgIpc) is 2.25. The molecule has 0 aromatic carbocycles. The van der Waals surface area contributed by atoms with Gasteiger partial charge in [-0.3, -0.25) is 0 Å². The average molecular weight is 308 g/mol. The number of aryl methyl sites for hydroxylation is 1. The molecule has 0 fully saturated rings. The van der Waals surface area contributed by atoms with Crippen LogP contribution in [0, 0.1) is 6.92 Å². The maximum atomic E-state index is 5.79. The lowest BCUT2D eigenvalue weighted by atomic mass is 10.2. The highest BCUT2D eigenvalue weighted by atomic mass is 79.9. The molecule has 0 unspecified atom stereocenters. The number of alkyl halides is 1. The van der Waals surface area contributed by atoms with Crippen LogP contribution in [0.2, 0.25) is 0 Å². The molecule has 1 rings (SSSR count). The highest BCUT2D eigenvalue weighted by Crippen LogP contribution is 2.20. The molecule has 3 nitrogen and oxygen atoms in total. The van der Waals surface area contributed by atoms with Gasteiger partial charge >= 0.3 is 0 Å². The van der Waals surface area contributed by atoms with E-state index in [-0.39, 0.29) is 0 Å². The van der Waals surface area contributed by atoms with Crippen LogP contribution in [0.1, 0.15) is 5.56 Å². The van der Waals surface area contributed by atoms with Crippen LogP contribution in [0.25, 0.3) is 0 Å². The van der Waals surface area contributed by atoms with Crippen molar-refractivity contribution in [3.05, 3.63) is 22.3 Å². The number of halogens is 2. The second-order valence-electron chi connectivity index (χ2n) is 3.46. The second-order valence-corrected chi connectivity index (χ2v) is 4.76. The predicted molar refractivity (Wildman–Crippen MR) is 71.5 cm³/mol. The molecule has 0 saturated heterocycles. The lowest BCUT2D eigenvalue weighted by molar-refractivity contribution is 0.205. The Kier molecular flexibility index (Phi) is 6.09. The summed E-state index contributed by atoms with van der Waals surface area (Å²) in [4.78, 5) is 6.55. The molecule has 5 heteroatoms. The molecule has 0 saturated carbocycles. The molecular formula is C11H16BrClN2O. The lowest BCUT2D eigenvalue weighted by Crippen LogP contribution is -2.30. The first-order valence-corrected chi connectivity index (χ1v) is 6.43. The van der Waals surface area contributed by atoms with Crippen molar-refractivity contribution in [2.45, 2.75) is 6.92 Å². The Morgan fingerprint density at radius 2 is 2.25 bits per heavy atom. The zero-order valence-corrected chi connectivity index (χ0v) is 11.9. The zero-order chi connectivity index (χ0) is 12.0. The first-order valence-electron chi connectivity index (χ1n) is 5.11. The van der Waals surface area contributed by atoms with Crippen LogP contribution in [0.5, 0.6) is 0 Å². The van der Waals surface area contributed by atoms with Crippen LogP contribution in [0.15, 0.2) is 16.7 Å². The van der Waals surface area contributed by atoms with Crippen molar-refractivity contribution in [2.24, 2.45) is 0 Å². The Hall–Kier alpha value is -0.320. The van der Waals surface area contributed by atoms with Crippen molar-refractivity contribution < 1.29 is 4.74 Å². The number of hydrogen-bond donors (Lipinski definition) is 0. The van der Waals surface area contributed by atoms with E-state index in [9.17, 15) is 0 Å². The summed E-state index contributed by atoms with van der Waals surface area (Å²) >= 11 is 9.19. The standard InChI is InChI=1S/C11H16BrClN2O/c1-9-7-10(12)8-14-11(9)15(4-3-13)5-6-16-2/h7-8H,3-6H2,1-2H3. The number of hydrogen-bond acceptors (Lipinski definition) is 3. The highest BCUT2D eigenvalue weighted by Gasteiger charge is 2.10. The summed E-state index contributed by atoms with van der Waals surface area (Å²) in [6, 6.07) is 2.05. The first-order chi connectivity index (χ1) is 7.69. The minimum Gasteiger partial charge on any atom is -0.383 e. The van der Waals surface area contributed by atoms with E-state index in [2.05, 4.69) is 31.9 Å². The van der Waals surface area contributed by atoms with Crippen molar-refractivity contribution >= 4 is 33.3 Å². The molecule has 16 heavy (non-hydrogen) atoms. The molecule has 0 aliphatic heterocycles. The van der Waals surface area contributed by atoms with E-state index in [4.69, 9.17) is 16.3 Å². The van der Waals surface area contributed by atoms with Gasteiger partial charge in [-0.15, -0.1) is 11.6 Å². The molecule has 1 aromatic heterocycles. The molecule has 1 aromatic rings. The topological polar surface area (TPSA) is 25.4 Å². The first kappa shape index (κ1) is 13.7.